The molecule has 2 N–H and O–H groups in total. The lowest BCUT2D eigenvalue weighted by Gasteiger charge is -2.07. The van der Waals surface area contributed by atoms with E-state index in [1.165, 1.54) is 12.1 Å². The van der Waals surface area contributed by atoms with E-state index in [4.69, 9.17) is 11.6 Å². The molecule has 0 saturated heterocycles. The molecule has 0 aromatic heterocycles. The molecule has 0 amide bonds. The molecule has 0 unspecified atom stereocenters. The summed E-state index contributed by atoms with van der Waals surface area (Å²) in [7, 11) is -3.49. The van der Waals surface area contributed by atoms with Gasteiger partial charge < -0.3 is 5.11 Å². The van der Waals surface area contributed by atoms with Crippen molar-refractivity contribution in [3.8, 4) is 5.75 Å². The number of nitrogens with one attached hydrogen (secondary N) is 1. The highest BCUT2D eigenvalue weighted by Crippen LogP contribution is 2.14. The number of sulfonamides is 1. The van der Waals surface area contributed by atoms with Crippen LogP contribution in [0.15, 0.2) is 53.4 Å². The molecule has 4 nitrogen and oxygen atoms in total. The van der Waals surface area contributed by atoms with Gasteiger partial charge in [-0.1, -0.05) is 23.7 Å². The molecular weight excluding hydrogens is 310 g/mol. The number of rotatable bonds is 6. The fourth-order valence-corrected chi connectivity index (χ4v) is 3.06. The summed E-state index contributed by atoms with van der Waals surface area (Å²) in [4.78, 5) is 0.205. The zero-order valence-electron chi connectivity index (χ0n) is 11.3. The minimum Gasteiger partial charge on any atom is -0.508 e. The van der Waals surface area contributed by atoms with Crippen LogP contribution in [0, 0.1) is 0 Å². The zero-order valence-corrected chi connectivity index (χ0v) is 12.9. The molecule has 112 valence electrons. The monoisotopic (exact) mass is 325 g/mol. The Bertz CT molecular complexity index is 682. The Morgan fingerprint density at radius 3 is 2.24 bits per heavy atom. The van der Waals surface area contributed by atoms with Crippen LogP contribution in [0.2, 0.25) is 5.02 Å². The Morgan fingerprint density at radius 1 is 1.00 bits per heavy atom. The fourth-order valence-electron chi connectivity index (χ4n) is 1.86. The van der Waals surface area contributed by atoms with Crippen LogP contribution in [0.3, 0.4) is 0 Å². The third kappa shape index (κ3) is 4.74. The number of phenols is 1. The lowest BCUT2D eigenvalue weighted by atomic mass is 10.1. The predicted molar refractivity (Wildman–Crippen MR) is 83.1 cm³/mol. The average Bonchev–Trinajstić information content (AvgIpc) is 2.46. The molecule has 0 heterocycles. The van der Waals surface area contributed by atoms with Gasteiger partial charge in [-0.2, -0.15) is 0 Å². The Kier molecular flexibility index (Phi) is 5.22. The van der Waals surface area contributed by atoms with E-state index in [0.717, 1.165) is 12.0 Å². The van der Waals surface area contributed by atoms with E-state index in [2.05, 4.69) is 4.72 Å². The van der Waals surface area contributed by atoms with Gasteiger partial charge in [-0.05, 0) is 54.8 Å². The Balaban J connectivity index is 1.85. The first-order chi connectivity index (χ1) is 9.97. The first-order valence-electron chi connectivity index (χ1n) is 6.50. The van der Waals surface area contributed by atoms with E-state index in [9.17, 15) is 13.5 Å². The molecule has 0 fully saturated rings. The lowest BCUT2D eigenvalue weighted by molar-refractivity contribution is 0.475. The number of benzene rings is 2. The minimum absolute atomic E-state index is 0.205. The Morgan fingerprint density at radius 2 is 1.62 bits per heavy atom. The molecule has 6 heteroatoms. The van der Waals surface area contributed by atoms with Crippen molar-refractivity contribution in [2.75, 3.05) is 6.54 Å². The van der Waals surface area contributed by atoms with Crippen LogP contribution >= 0.6 is 11.6 Å². The van der Waals surface area contributed by atoms with Gasteiger partial charge in [0, 0.05) is 11.6 Å². The van der Waals surface area contributed by atoms with Gasteiger partial charge in [0.15, 0.2) is 0 Å². The Labute approximate surface area is 129 Å². The number of aryl methyl sites for hydroxylation is 1. The minimum atomic E-state index is -3.49. The van der Waals surface area contributed by atoms with Crippen LogP contribution in [-0.2, 0) is 16.4 Å². The first kappa shape index (κ1) is 15.8. The first-order valence-corrected chi connectivity index (χ1v) is 8.37. The van der Waals surface area contributed by atoms with Crippen molar-refractivity contribution in [3.63, 3.8) is 0 Å². The van der Waals surface area contributed by atoms with Crippen molar-refractivity contribution in [2.45, 2.75) is 17.7 Å². The lowest BCUT2D eigenvalue weighted by Crippen LogP contribution is -2.25. The summed E-state index contributed by atoms with van der Waals surface area (Å²) in [5, 5.41) is 9.68. The maximum Gasteiger partial charge on any atom is 0.240 e. The summed E-state index contributed by atoms with van der Waals surface area (Å²) in [6.07, 6.45) is 1.42. The van der Waals surface area contributed by atoms with Crippen LogP contribution in [0.1, 0.15) is 12.0 Å². The molecule has 0 spiro atoms. The van der Waals surface area contributed by atoms with E-state index in [1.54, 1.807) is 24.3 Å². The van der Waals surface area contributed by atoms with Crippen molar-refractivity contribution in [2.24, 2.45) is 0 Å². The van der Waals surface area contributed by atoms with Crippen molar-refractivity contribution in [3.05, 3.63) is 59.1 Å². The van der Waals surface area contributed by atoms with Gasteiger partial charge in [0.05, 0.1) is 4.90 Å². The van der Waals surface area contributed by atoms with Gasteiger partial charge in [-0.25, -0.2) is 13.1 Å². The highest BCUT2D eigenvalue weighted by Gasteiger charge is 2.12. The van der Waals surface area contributed by atoms with Crippen molar-refractivity contribution in [1.29, 1.82) is 0 Å². The van der Waals surface area contributed by atoms with Crippen LogP contribution in [0.4, 0.5) is 0 Å². The van der Waals surface area contributed by atoms with Crippen LogP contribution < -0.4 is 4.72 Å². The molecule has 2 aromatic rings. The molecule has 0 aliphatic carbocycles. The number of phenolic OH excluding ortho intramolecular Hbond substituents is 1. The molecular formula is C15H16ClNO3S. The summed E-state index contributed by atoms with van der Waals surface area (Å²) in [6, 6.07) is 12.9. The van der Waals surface area contributed by atoms with E-state index in [0.29, 0.717) is 18.0 Å². The van der Waals surface area contributed by atoms with Gasteiger partial charge in [-0.3, -0.25) is 0 Å². The zero-order chi connectivity index (χ0) is 15.3. The smallest absolute Gasteiger partial charge is 0.240 e. The van der Waals surface area contributed by atoms with E-state index >= 15 is 0 Å². The fraction of sp³-hybridized carbons (Fsp3) is 0.200. The SMILES string of the molecule is O=S(=O)(NCCCc1ccc(O)cc1)c1ccc(Cl)cc1. The van der Waals surface area contributed by atoms with Crippen LogP contribution in [0.5, 0.6) is 5.75 Å². The molecule has 0 aliphatic rings. The molecule has 0 bridgehead atoms. The quantitative estimate of drug-likeness (QED) is 0.802. The summed E-state index contributed by atoms with van der Waals surface area (Å²) < 4.78 is 26.6. The van der Waals surface area contributed by atoms with Crippen LogP contribution in [0.25, 0.3) is 0 Å². The topological polar surface area (TPSA) is 66.4 Å². The molecule has 0 saturated carbocycles. The molecule has 21 heavy (non-hydrogen) atoms. The highest BCUT2D eigenvalue weighted by atomic mass is 35.5. The Hall–Kier alpha value is -1.56. The number of hydrogen-bond acceptors (Lipinski definition) is 3. The van der Waals surface area contributed by atoms with E-state index in [-0.39, 0.29) is 10.6 Å². The second-order valence-electron chi connectivity index (χ2n) is 4.62. The van der Waals surface area contributed by atoms with E-state index < -0.39 is 10.0 Å². The molecule has 0 aliphatic heterocycles. The van der Waals surface area contributed by atoms with Gasteiger partial charge >= 0.3 is 0 Å². The van der Waals surface area contributed by atoms with Gasteiger partial charge in [0.1, 0.15) is 5.75 Å². The largest absolute Gasteiger partial charge is 0.508 e. The average molecular weight is 326 g/mol. The maximum absolute atomic E-state index is 12.0. The molecule has 2 rings (SSSR count). The third-order valence-electron chi connectivity index (χ3n) is 2.99. The van der Waals surface area contributed by atoms with Crippen LogP contribution in [-0.4, -0.2) is 20.1 Å². The number of halogens is 1. The third-order valence-corrected chi connectivity index (χ3v) is 4.72. The summed E-state index contributed by atoms with van der Waals surface area (Å²) in [6.45, 7) is 0.353. The molecule has 2 aromatic carbocycles. The summed E-state index contributed by atoms with van der Waals surface area (Å²) in [5.74, 6) is 0.224. The normalized spacial score (nSPS) is 11.5. The van der Waals surface area contributed by atoms with Gasteiger partial charge in [0.25, 0.3) is 0 Å². The number of aromatic hydroxyl groups is 1. The van der Waals surface area contributed by atoms with Crippen molar-refractivity contribution >= 4 is 21.6 Å². The summed E-state index contributed by atoms with van der Waals surface area (Å²) in [5.41, 5.74) is 1.05. The van der Waals surface area contributed by atoms with Crippen molar-refractivity contribution in [1.82, 2.24) is 4.72 Å². The van der Waals surface area contributed by atoms with Crippen molar-refractivity contribution < 1.29 is 13.5 Å². The number of hydrogen-bond donors (Lipinski definition) is 2. The molecule has 0 atom stereocenters. The van der Waals surface area contributed by atoms with Gasteiger partial charge in [-0.15, -0.1) is 0 Å². The molecule has 0 radical (unpaired) electrons. The second kappa shape index (κ2) is 6.93. The second-order valence-corrected chi connectivity index (χ2v) is 6.83. The highest BCUT2D eigenvalue weighted by molar-refractivity contribution is 7.89. The van der Waals surface area contributed by atoms with E-state index in [1.807, 2.05) is 12.1 Å². The maximum atomic E-state index is 12.0. The summed E-state index contributed by atoms with van der Waals surface area (Å²) >= 11 is 5.73. The predicted octanol–water partition coefficient (Wildman–Crippen LogP) is 2.96. The van der Waals surface area contributed by atoms with Gasteiger partial charge in [0.2, 0.25) is 10.0 Å². The standard InChI is InChI=1S/C15H16ClNO3S/c16-13-5-9-15(10-6-13)21(19,20)17-11-1-2-12-3-7-14(18)8-4-12/h3-10,17-18H,1-2,11H2.